The van der Waals surface area contributed by atoms with Crippen LogP contribution in [0.1, 0.15) is 23.6 Å². The highest BCUT2D eigenvalue weighted by molar-refractivity contribution is 7.88. The normalized spacial score (nSPS) is 17.9. The standard InChI is InChI=1S/C23H23ClF4N4O3S/c1-22(21(33)29-2,16-8-7-14(18(25)10-16)12-31-36(3,34)35)32-19(15-9-17(24)13-30-11-15)5-4-6-20(32)23(26,27)28/h4-11,13,20,31H,12H2,1-3H3,(H,29,33). The molecule has 0 aliphatic carbocycles. The lowest BCUT2D eigenvalue weighted by atomic mass is 9.84. The average Bonchev–Trinajstić information content (AvgIpc) is 2.80. The first-order chi connectivity index (χ1) is 16.7. The highest BCUT2D eigenvalue weighted by atomic mass is 35.5. The van der Waals surface area contributed by atoms with Gasteiger partial charge in [-0.05, 0) is 30.7 Å². The van der Waals surface area contributed by atoms with Crippen molar-refractivity contribution in [3.8, 4) is 0 Å². The Morgan fingerprint density at radius 3 is 2.47 bits per heavy atom. The molecule has 2 N–H and O–H groups in total. The summed E-state index contributed by atoms with van der Waals surface area (Å²) in [6, 6.07) is 2.58. The zero-order chi connectivity index (χ0) is 26.9. The predicted octanol–water partition coefficient (Wildman–Crippen LogP) is 3.73. The quantitative estimate of drug-likeness (QED) is 0.517. The van der Waals surface area contributed by atoms with Gasteiger partial charge in [0.15, 0.2) is 0 Å². The van der Waals surface area contributed by atoms with E-state index in [1.807, 2.05) is 0 Å². The molecular weight excluding hydrogens is 524 g/mol. The van der Waals surface area contributed by atoms with Crippen LogP contribution in [0.5, 0.6) is 0 Å². The summed E-state index contributed by atoms with van der Waals surface area (Å²) in [5.74, 6) is -1.74. The molecule has 0 spiro atoms. The van der Waals surface area contributed by atoms with E-state index in [2.05, 4.69) is 15.0 Å². The van der Waals surface area contributed by atoms with E-state index in [1.54, 1.807) is 0 Å². The number of likely N-dealkylation sites (N-methyl/N-ethyl adjacent to an activating group) is 1. The summed E-state index contributed by atoms with van der Waals surface area (Å²) < 4.78 is 82.8. The second-order valence-corrected chi connectivity index (χ2v) is 10.5. The molecule has 1 aliphatic heterocycles. The Morgan fingerprint density at radius 2 is 1.92 bits per heavy atom. The summed E-state index contributed by atoms with van der Waals surface area (Å²) >= 11 is 6.03. The van der Waals surface area contributed by atoms with Crippen molar-refractivity contribution < 1.29 is 30.8 Å². The number of alkyl halides is 3. The number of nitrogens with one attached hydrogen (secondary N) is 2. The van der Waals surface area contributed by atoms with Crippen molar-refractivity contribution in [2.24, 2.45) is 0 Å². The molecule has 3 rings (SSSR count). The number of carbonyl (C=O) groups excluding carboxylic acids is 1. The molecule has 2 aromatic rings. The van der Waals surface area contributed by atoms with Gasteiger partial charge >= 0.3 is 6.18 Å². The van der Waals surface area contributed by atoms with Crippen molar-refractivity contribution in [1.29, 1.82) is 0 Å². The summed E-state index contributed by atoms with van der Waals surface area (Å²) in [7, 11) is -2.37. The lowest BCUT2D eigenvalue weighted by Crippen LogP contribution is -2.60. The minimum atomic E-state index is -4.81. The van der Waals surface area contributed by atoms with Gasteiger partial charge in [0, 0.05) is 42.8 Å². The van der Waals surface area contributed by atoms with Gasteiger partial charge in [-0.3, -0.25) is 9.78 Å². The van der Waals surface area contributed by atoms with E-state index in [4.69, 9.17) is 11.6 Å². The van der Waals surface area contributed by atoms with Crippen LogP contribution in [-0.2, 0) is 26.9 Å². The molecule has 1 aromatic heterocycles. The van der Waals surface area contributed by atoms with E-state index < -0.39 is 39.5 Å². The van der Waals surface area contributed by atoms with Gasteiger partial charge in [0.2, 0.25) is 15.9 Å². The fourth-order valence-corrected chi connectivity index (χ4v) is 4.55. The van der Waals surface area contributed by atoms with Crippen molar-refractivity contribution in [3.63, 3.8) is 0 Å². The third-order valence-electron chi connectivity index (χ3n) is 5.71. The number of rotatable bonds is 7. The van der Waals surface area contributed by atoms with Gasteiger partial charge in [-0.25, -0.2) is 17.5 Å². The third kappa shape index (κ3) is 5.71. The molecule has 0 saturated heterocycles. The van der Waals surface area contributed by atoms with Gasteiger partial charge in [0.05, 0.1) is 11.3 Å². The Hall–Kier alpha value is -2.96. The molecule has 0 saturated carbocycles. The third-order valence-corrected chi connectivity index (χ3v) is 6.59. The smallest absolute Gasteiger partial charge is 0.357 e. The Labute approximate surface area is 210 Å². The van der Waals surface area contributed by atoms with Crippen molar-refractivity contribution in [3.05, 3.63) is 82.4 Å². The van der Waals surface area contributed by atoms with E-state index in [1.165, 1.54) is 56.7 Å². The molecule has 36 heavy (non-hydrogen) atoms. The number of amides is 1. The molecule has 194 valence electrons. The predicted molar refractivity (Wildman–Crippen MR) is 128 cm³/mol. The van der Waals surface area contributed by atoms with Gasteiger partial charge in [0.25, 0.3) is 0 Å². The number of aromatic nitrogens is 1. The number of nitrogens with zero attached hydrogens (tertiary/aromatic N) is 2. The molecule has 2 atom stereocenters. The lowest BCUT2D eigenvalue weighted by molar-refractivity contribution is -0.177. The Bertz CT molecular complexity index is 1330. The summed E-state index contributed by atoms with van der Waals surface area (Å²) in [5.41, 5.74) is -2.01. The van der Waals surface area contributed by atoms with Crippen LogP contribution in [0.3, 0.4) is 0 Å². The zero-order valence-corrected chi connectivity index (χ0v) is 21.0. The van der Waals surface area contributed by atoms with E-state index >= 15 is 4.39 Å². The maximum atomic E-state index is 15.0. The number of benzene rings is 1. The van der Waals surface area contributed by atoms with Gasteiger partial charge in [0.1, 0.15) is 17.4 Å². The number of halogens is 5. The number of sulfonamides is 1. The SMILES string of the molecule is CNC(=O)C(C)(c1ccc(CNS(C)(=O)=O)c(F)c1)N1C(c2cncc(Cl)c2)=CC=CC1C(F)(F)F. The minimum absolute atomic E-state index is 0.0100. The van der Waals surface area contributed by atoms with Crippen molar-refractivity contribution in [2.75, 3.05) is 13.3 Å². The fraction of sp³-hybridized carbons (Fsp3) is 0.304. The van der Waals surface area contributed by atoms with Crippen LogP contribution in [0.15, 0.2) is 54.9 Å². The maximum Gasteiger partial charge on any atom is 0.412 e. The van der Waals surface area contributed by atoms with Gasteiger partial charge < -0.3 is 10.2 Å². The first-order valence-electron chi connectivity index (χ1n) is 10.5. The Morgan fingerprint density at radius 1 is 1.22 bits per heavy atom. The minimum Gasteiger partial charge on any atom is -0.357 e. The fourth-order valence-electron chi connectivity index (χ4n) is 3.96. The number of hydrogen-bond donors (Lipinski definition) is 2. The number of hydrogen-bond acceptors (Lipinski definition) is 5. The monoisotopic (exact) mass is 546 g/mol. The number of pyridine rings is 1. The average molecular weight is 547 g/mol. The topological polar surface area (TPSA) is 91.4 Å². The largest absolute Gasteiger partial charge is 0.412 e. The van der Waals surface area contributed by atoms with Crippen LogP contribution < -0.4 is 10.0 Å². The molecule has 0 radical (unpaired) electrons. The van der Waals surface area contributed by atoms with Crippen LogP contribution >= 0.6 is 11.6 Å². The Balaban J connectivity index is 2.22. The second kappa shape index (κ2) is 10.2. The molecular formula is C23H23ClF4N4O3S. The molecule has 1 aromatic carbocycles. The summed E-state index contributed by atoms with van der Waals surface area (Å²) in [5, 5.41) is 2.55. The van der Waals surface area contributed by atoms with Gasteiger partial charge in [-0.15, -0.1) is 0 Å². The number of allylic oxidation sites excluding steroid dienone is 2. The summed E-state index contributed by atoms with van der Waals surface area (Å²) in [6.45, 7) is 0.872. The molecule has 1 aliphatic rings. The summed E-state index contributed by atoms with van der Waals surface area (Å²) in [4.78, 5) is 18.1. The van der Waals surface area contributed by atoms with Gasteiger partial charge in [-0.2, -0.15) is 13.2 Å². The highest BCUT2D eigenvalue weighted by Crippen LogP contribution is 2.44. The van der Waals surface area contributed by atoms with Crippen molar-refractivity contribution in [2.45, 2.75) is 31.2 Å². The molecule has 1 amide bonds. The van der Waals surface area contributed by atoms with E-state index in [0.717, 1.165) is 23.3 Å². The molecule has 0 bridgehead atoms. The molecule has 7 nitrogen and oxygen atoms in total. The Kier molecular flexibility index (Phi) is 7.82. The molecule has 0 fully saturated rings. The van der Waals surface area contributed by atoms with Crippen LogP contribution in [0.2, 0.25) is 5.02 Å². The number of carbonyl (C=O) groups is 1. The maximum absolute atomic E-state index is 15.0. The van der Waals surface area contributed by atoms with Gasteiger partial charge in [-0.1, -0.05) is 35.9 Å². The van der Waals surface area contributed by atoms with E-state index in [0.29, 0.717) is 0 Å². The van der Waals surface area contributed by atoms with E-state index in [9.17, 15) is 26.4 Å². The van der Waals surface area contributed by atoms with Crippen LogP contribution in [0.4, 0.5) is 17.6 Å². The van der Waals surface area contributed by atoms with Crippen LogP contribution in [-0.4, -0.2) is 49.7 Å². The van der Waals surface area contributed by atoms with Crippen molar-refractivity contribution >= 4 is 33.2 Å². The summed E-state index contributed by atoms with van der Waals surface area (Å²) in [6.07, 6.45) is 2.21. The molecule has 2 heterocycles. The second-order valence-electron chi connectivity index (χ2n) is 8.24. The van der Waals surface area contributed by atoms with Crippen LogP contribution in [0.25, 0.3) is 5.70 Å². The van der Waals surface area contributed by atoms with Crippen LogP contribution in [0, 0.1) is 5.82 Å². The van der Waals surface area contributed by atoms with Crippen molar-refractivity contribution in [1.82, 2.24) is 19.9 Å². The molecule has 13 heteroatoms. The first kappa shape index (κ1) is 27.6. The van der Waals surface area contributed by atoms with E-state index in [-0.39, 0.29) is 34.0 Å². The highest BCUT2D eigenvalue weighted by Gasteiger charge is 2.53. The zero-order valence-electron chi connectivity index (χ0n) is 19.4. The lowest BCUT2D eigenvalue weighted by Gasteiger charge is -2.48. The molecule has 2 unspecified atom stereocenters. The first-order valence-corrected chi connectivity index (χ1v) is 12.8.